The van der Waals surface area contributed by atoms with Crippen LogP contribution in [-0.4, -0.2) is 30.4 Å². The predicted octanol–water partition coefficient (Wildman–Crippen LogP) is 3.75. The van der Waals surface area contributed by atoms with E-state index in [0.29, 0.717) is 34.6 Å². The van der Waals surface area contributed by atoms with Crippen molar-refractivity contribution in [2.45, 2.75) is 12.8 Å². The predicted molar refractivity (Wildman–Crippen MR) is 103 cm³/mol. The maximum atomic E-state index is 12.4. The van der Waals surface area contributed by atoms with Gasteiger partial charge in [0.25, 0.3) is 11.6 Å². The van der Waals surface area contributed by atoms with E-state index in [1.807, 2.05) is 0 Å². The molecule has 0 aliphatic carbocycles. The van der Waals surface area contributed by atoms with E-state index < -0.39 is 10.8 Å². The van der Waals surface area contributed by atoms with Gasteiger partial charge in [-0.2, -0.15) is 0 Å². The van der Waals surface area contributed by atoms with Crippen LogP contribution in [-0.2, 0) is 4.79 Å². The fourth-order valence-corrected chi connectivity index (χ4v) is 3.27. The molecule has 0 aromatic heterocycles. The van der Waals surface area contributed by atoms with Crippen molar-refractivity contribution in [2.75, 3.05) is 23.9 Å². The molecule has 140 valence electrons. The highest BCUT2D eigenvalue weighted by Gasteiger charge is 2.24. The Morgan fingerprint density at radius 1 is 1.30 bits per heavy atom. The molecule has 9 heteroatoms. The third-order valence-electron chi connectivity index (χ3n) is 4.21. The second-order valence-corrected chi connectivity index (χ2v) is 6.77. The van der Waals surface area contributed by atoms with Crippen LogP contribution >= 0.6 is 15.9 Å². The first-order valence-corrected chi connectivity index (χ1v) is 8.93. The van der Waals surface area contributed by atoms with Gasteiger partial charge in [-0.1, -0.05) is 0 Å². The molecule has 1 heterocycles. The van der Waals surface area contributed by atoms with Gasteiger partial charge in [0.2, 0.25) is 5.91 Å². The summed E-state index contributed by atoms with van der Waals surface area (Å²) < 4.78 is 5.66. The molecule has 1 N–H and O–H groups in total. The average molecular weight is 434 g/mol. The van der Waals surface area contributed by atoms with Crippen LogP contribution in [0.3, 0.4) is 0 Å². The summed E-state index contributed by atoms with van der Waals surface area (Å²) in [6, 6.07) is 9.13. The van der Waals surface area contributed by atoms with Crippen molar-refractivity contribution >= 4 is 44.8 Å². The lowest BCUT2D eigenvalue weighted by Crippen LogP contribution is -2.24. The zero-order valence-corrected chi connectivity index (χ0v) is 16.0. The van der Waals surface area contributed by atoms with Gasteiger partial charge < -0.3 is 15.0 Å². The molecule has 0 unspecified atom stereocenters. The molecule has 1 aliphatic heterocycles. The van der Waals surface area contributed by atoms with E-state index in [1.54, 1.807) is 23.1 Å². The second-order valence-electron chi connectivity index (χ2n) is 5.91. The number of carbonyl (C=O) groups excluding carboxylic acids is 2. The summed E-state index contributed by atoms with van der Waals surface area (Å²) in [5.41, 5.74) is 1.07. The van der Waals surface area contributed by atoms with Gasteiger partial charge in [-0.05, 0) is 46.6 Å². The van der Waals surface area contributed by atoms with Crippen LogP contribution < -0.4 is 15.0 Å². The summed E-state index contributed by atoms with van der Waals surface area (Å²) in [6.45, 7) is 0.628. The third-order valence-corrected chi connectivity index (χ3v) is 4.88. The average Bonchev–Trinajstić information content (AvgIpc) is 3.07. The number of hydrogen-bond donors (Lipinski definition) is 1. The fraction of sp³-hybridized carbons (Fsp3) is 0.222. The van der Waals surface area contributed by atoms with Gasteiger partial charge in [-0.3, -0.25) is 19.7 Å². The molecule has 0 bridgehead atoms. The standard InChI is InChI=1S/C18H16BrN3O5/c1-27-16-10-12(5-7-14(16)21-8-2-3-17(21)23)20-18(24)11-4-6-13(19)15(9-11)22(25)26/h4-7,9-10H,2-3,8H2,1H3,(H,20,24). The smallest absolute Gasteiger partial charge is 0.284 e. The Bertz CT molecular complexity index is 931. The third kappa shape index (κ3) is 3.92. The van der Waals surface area contributed by atoms with Gasteiger partial charge in [0.05, 0.1) is 22.2 Å². The first-order chi connectivity index (χ1) is 12.9. The minimum Gasteiger partial charge on any atom is -0.494 e. The number of amides is 2. The SMILES string of the molecule is COc1cc(NC(=O)c2ccc(Br)c([N+](=O)[O-])c2)ccc1N1CCCC1=O. The largest absolute Gasteiger partial charge is 0.494 e. The van der Waals surface area contributed by atoms with Crippen molar-refractivity contribution in [1.29, 1.82) is 0 Å². The summed E-state index contributed by atoms with van der Waals surface area (Å²) in [6.07, 6.45) is 1.30. The molecule has 2 aromatic carbocycles. The molecule has 1 aliphatic rings. The highest BCUT2D eigenvalue weighted by atomic mass is 79.9. The van der Waals surface area contributed by atoms with Crippen LogP contribution in [0, 0.1) is 10.1 Å². The Labute approximate surface area is 163 Å². The number of anilines is 2. The van der Waals surface area contributed by atoms with E-state index in [0.717, 1.165) is 6.42 Å². The minimum absolute atomic E-state index is 0.0345. The lowest BCUT2D eigenvalue weighted by atomic mass is 10.1. The Morgan fingerprint density at radius 3 is 2.70 bits per heavy atom. The second kappa shape index (κ2) is 7.75. The van der Waals surface area contributed by atoms with Crippen LogP contribution in [0.15, 0.2) is 40.9 Å². The number of rotatable bonds is 5. The number of nitro groups is 1. The first kappa shape index (κ1) is 18.8. The van der Waals surface area contributed by atoms with Gasteiger partial charge in [0.1, 0.15) is 5.75 Å². The number of nitrogens with one attached hydrogen (secondary N) is 1. The van der Waals surface area contributed by atoms with Crippen LogP contribution in [0.1, 0.15) is 23.2 Å². The Hall–Kier alpha value is -2.94. The maximum absolute atomic E-state index is 12.4. The Morgan fingerprint density at radius 2 is 2.07 bits per heavy atom. The maximum Gasteiger partial charge on any atom is 0.284 e. The molecule has 27 heavy (non-hydrogen) atoms. The lowest BCUT2D eigenvalue weighted by Gasteiger charge is -2.19. The number of nitro benzene ring substituents is 1. The van der Waals surface area contributed by atoms with Crippen LogP contribution in [0.5, 0.6) is 5.75 Å². The lowest BCUT2D eigenvalue weighted by molar-refractivity contribution is -0.385. The summed E-state index contributed by atoms with van der Waals surface area (Å²) in [4.78, 5) is 36.5. The quantitative estimate of drug-likeness (QED) is 0.571. The topological polar surface area (TPSA) is 102 Å². The summed E-state index contributed by atoms with van der Waals surface area (Å²) in [7, 11) is 1.49. The normalized spacial score (nSPS) is 13.6. The number of carbonyl (C=O) groups is 2. The monoisotopic (exact) mass is 433 g/mol. The highest BCUT2D eigenvalue weighted by Crippen LogP contribution is 2.34. The molecule has 2 aromatic rings. The number of benzene rings is 2. The number of nitrogens with zero attached hydrogens (tertiary/aromatic N) is 2. The molecular weight excluding hydrogens is 418 g/mol. The summed E-state index contributed by atoms with van der Waals surface area (Å²) in [5.74, 6) is 0.00902. The Balaban J connectivity index is 1.83. The van der Waals surface area contributed by atoms with E-state index >= 15 is 0 Å². The molecule has 2 amide bonds. The molecular formula is C18H16BrN3O5. The van der Waals surface area contributed by atoms with Crippen molar-refractivity contribution in [3.8, 4) is 5.75 Å². The van der Waals surface area contributed by atoms with E-state index in [1.165, 1.54) is 25.3 Å². The molecule has 8 nitrogen and oxygen atoms in total. The van der Waals surface area contributed by atoms with E-state index in [-0.39, 0.29) is 17.2 Å². The van der Waals surface area contributed by atoms with Crippen molar-refractivity contribution in [1.82, 2.24) is 0 Å². The molecule has 0 atom stereocenters. The molecule has 0 spiro atoms. The molecule has 1 fully saturated rings. The van der Waals surface area contributed by atoms with E-state index in [9.17, 15) is 19.7 Å². The summed E-state index contributed by atoms with van der Waals surface area (Å²) in [5, 5.41) is 13.7. The van der Waals surface area contributed by atoms with Crippen molar-refractivity contribution < 1.29 is 19.2 Å². The van der Waals surface area contributed by atoms with Crippen molar-refractivity contribution in [2.24, 2.45) is 0 Å². The van der Waals surface area contributed by atoms with Gasteiger partial charge in [-0.15, -0.1) is 0 Å². The van der Waals surface area contributed by atoms with Crippen LogP contribution in [0.2, 0.25) is 0 Å². The van der Waals surface area contributed by atoms with E-state index in [4.69, 9.17) is 4.74 Å². The zero-order chi connectivity index (χ0) is 19.6. The van der Waals surface area contributed by atoms with Gasteiger partial charge >= 0.3 is 0 Å². The first-order valence-electron chi connectivity index (χ1n) is 8.14. The minimum atomic E-state index is -0.564. The van der Waals surface area contributed by atoms with Gasteiger partial charge in [0, 0.05) is 36.3 Å². The van der Waals surface area contributed by atoms with Crippen molar-refractivity contribution in [3.05, 3.63) is 56.5 Å². The van der Waals surface area contributed by atoms with Gasteiger partial charge in [-0.25, -0.2) is 0 Å². The molecule has 1 saturated heterocycles. The molecule has 3 rings (SSSR count). The summed E-state index contributed by atoms with van der Waals surface area (Å²) >= 11 is 3.09. The molecule has 0 saturated carbocycles. The van der Waals surface area contributed by atoms with Crippen LogP contribution in [0.25, 0.3) is 0 Å². The molecule has 0 radical (unpaired) electrons. The van der Waals surface area contributed by atoms with Crippen molar-refractivity contribution in [3.63, 3.8) is 0 Å². The number of halogens is 1. The number of hydrogen-bond acceptors (Lipinski definition) is 5. The number of methoxy groups -OCH3 is 1. The highest BCUT2D eigenvalue weighted by molar-refractivity contribution is 9.10. The zero-order valence-electron chi connectivity index (χ0n) is 14.4. The Kier molecular flexibility index (Phi) is 5.41. The number of ether oxygens (including phenoxy) is 1. The fourth-order valence-electron chi connectivity index (χ4n) is 2.88. The van der Waals surface area contributed by atoms with E-state index in [2.05, 4.69) is 21.2 Å². The van der Waals surface area contributed by atoms with Crippen LogP contribution in [0.4, 0.5) is 17.1 Å². The van der Waals surface area contributed by atoms with Gasteiger partial charge in [0.15, 0.2) is 0 Å².